The van der Waals surface area contributed by atoms with Crippen molar-refractivity contribution in [3.05, 3.63) is 65.2 Å². The van der Waals surface area contributed by atoms with Gasteiger partial charge in [0, 0.05) is 26.2 Å². The molecule has 3 aliphatic rings. The van der Waals surface area contributed by atoms with E-state index >= 15 is 0 Å². The summed E-state index contributed by atoms with van der Waals surface area (Å²) in [7, 11) is -4.07. The number of amides is 1. The Hall–Kier alpha value is -2.54. The molecule has 0 spiro atoms. The van der Waals surface area contributed by atoms with Crippen LogP contribution in [0.3, 0.4) is 0 Å². The first-order chi connectivity index (χ1) is 19.7. The van der Waals surface area contributed by atoms with Crippen molar-refractivity contribution in [2.45, 2.75) is 80.9 Å². The van der Waals surface area contributed by atoms with Crippen LogP contribution in [0.4, 0.5) is 4.79 Å². The third kappa shape index (κ3) is 7.10. The highest BCUT2D eigenvalue weighted by atomic mass is 32.2. The second kappa shape index (κ2) is 13.2. The fraction of sp³-hybridized carbons (Fsp3) is 0.567. The smallest absolute Gasteiger partial charge is 0.407 e. The highest BCUT2D eigenvalue weighted by molar-refractivity contribution is 7.89. The first-order valence-corrected chi connectivity index (χ1v) is 15.8. The number of carbonyl (C=O) groups excluding carboxylic acids is 1. The maximum Gasteiger partial charge on any atom is 0.407 e. The Morgan fingerprint density at radius 2 is 1.95 bits per heavy atom. The molecule has 10 nitrogen and oxygen atoms in total. The summed E-state index contributed by atoms with van der Waals surface area (Å²) >= 11 is 0. The molecule has 41 heavy (non-hydrogen) atoms. The molecule has 3 fully saturated rings. The van der Waals surface area contributed by atoms with Gasteiger partial charge in [-0.15, -0.1) is 0 Å². The van der Waals surface area contributed by atoms with Gasteiger partial charge in [0.2, 0.25) is 10.0 Å². The molecular weight excluding hydrogens is 548 g/mol. The van der Waals surface area contributed by atoms with Crippen LogP contribution in [-0.2, 0) is 37.3 Å². The average molecular weight is 589 g/mol. The molecule has 1 saturated carbocycles. The zero-order chi connectivity index (χ0) is 29.0. The predicted octanol–water partition coefficient (Wildman–Crippen LogP) is 2.53. The molecule has 3 N–H and O–H groups in total. The molecule has 0 radical (unpaired) electrons. The van der Waals surface area contributed by atoms with Gasteiger partial charge in [-0.2, -0.15) is 4.31 Å². The molecule has 1 aliphatic carbocycles. The number of benzene rings is 2. The van der Waals surface area contributed by atoms with Crippen molar-refractivity contribution in [2.75, 3.05) is 26.4 Å². The summed E-state index contributed by atoms with van der Waals surface area (Å²) in [6, 6.07) is 12.8. The van der Waals surface area contributed by atoms with Crippen LogP contribution >= 0.6 is 0 Å². The van der Waals surface area contributed by atoms with Gasteiger partial charge in [0.05, 0.1) is 42.4 Å². The number of fused-ring (bicyclic) bond motifs is 1. The van der Waals surface area contributed by atoms with Crippen molar-refractivity contribution >= 4 is 16.1 Å². The normalized spacial score (nSPS) is 25.7. The van der Waals surface area contributed by atoms with Crippen LogP contribution in [0.2, 0.25) is 0 Å². The van der Waals surface area contributed by atoms with E-state index < -0.39 is 34.3 Å². The van der Waals surface area contributed by atoms with E-state index in [-0.39, 0.29) is 43.3 Å². The third-order valence-electron chi connectivity index (χ3n) is 8.52. The minimum absolute atomic E-state index is 0.0345. The molecule has 11 heteroatoms. The lowest BCUT2D eigenvalue weighted by Crippen LogP contribution is -2.53. The topological polar surface area (TPSA) is 135 Å². The molecule has 2 heterocycles. The Balaban J connectivity index is 1.35. The van der Waals surface area contributed by atoms with Crippen molar-refractivity contribution in [2.24, 2.45) is 5.92 Å². The van der Waals surface area contributed by atoms with E-state index in [1.165, 1.54) is 16.4 Å². The van der Waals surface area contributed by atoms with Crippen LogP contribution in [0.1, 0.15) is 42.4 Å². The summed E-state index contributed by atoms with van der Waals surface area (Å²) in [5.41, 5.74) is 2.18. The molecule has 2 aliphatic heterocycles. The summed E-state index contributed by atoms with van der Waals surface area (Å²) in [6.07, 6.45) is 1.13. The van der Waals surface area contributed by atoms with Crippen LogP contribution in [0.15, 0.2) is 53.4 Å². The number of rotatable bonds is 11. The van der Waals surface area contributed by atoms with Crippen molar-refractivity contribution in [3.8, 4) is 0 Å². The van der Waals surface area contributed by atoms with E-state index in [0.29, 0.717) is 30.9 Å². The number of hydrogen-bond donors (Lipinski definition) is 3. The van der Waals surface area contributed by atoms with Gasteiger partial charge in [0.15, 0.2) is 0 Å². The van der Waals surface area contributed by atoms with Crippen LogP contribution < -0.4 is 5.32 Å². The second-order valence-corrected chi connectivity index (χ2v) is 13.2. The maximum absolute atomic E-state index is 13.9. The molecule has 5 rings (SSSR count). The van der Waals surface area contributed by atoms with Crippen LogP contribution in [0.5, 0.6) is 0 Å². The Morgan fingerprint density at radius 3 is 2.66 bits per heavy atom. The highest BCUT2D eigenvalue weighted by Gasteiger charge is 2.41. The number of alkyl carbamates (subject to hydrolysis) is 1. The molecule has 1 amide bonds. The number of nitrogens with zero attached hydrogens (tertiary/aromatic N) is 1. The zero-order valence-electron chi connectivity index (χ0n) is 23.4. The number of hydrogen-bond acceptors (Lipinski definition) is 8. The average Bonchev–Trinajstić information content (AvgIpc) is 3.71. The quantitative estimate of drug-likeness (QED) is 0.365. The lowest BCUT2D eigenvalue weighted by atomic mass is 10.0. The fourth-order valence-corrected chi connectivity index (χ4v) is 7.83. The van der Waals surface area contributed by atoms with Crippen LogP contribution in [-0.4, -0.2) is 85.8 Å². The molecule has 0 aromatic heterocycles. The van der Waals surface area contributed by atoms with Crippen LogP contribution in [0, 0.1) is 12.8 Å². The number of carbonyl (C=O) groups is 1. The number of aliphatic hydroxyl groups excluding tert-OH is 2. The van der Waals surface area contributed by atoms with Gasteiger partial charge < -0.3 is 29.7 Å². The van der Waals surface area contributed by atoms with E-state index in [4.69, 9.17) is 14.2 Å². The number of nitrogens with one attached hydrogen (secondary N) is 1. The zero-order valence-corrected chi connectivity index (χ0v) is 24.2. The molecule has 2 aromatic rings. The van der Waals surface area contributed by atoms with E-state index in [1.807, 2.05) is 30.3 Å². The SMILES string of the molecule is Cc1ccc(S(=O)(=O)N(C[C@@H](O)[C@H](Cc2ccccc2)NC(=O)OC2CC3CCO[C@@H]3C2)C2CCOC2)cc1CO. The third-order valence-corrected chi connectivity index (χ3v) is 10.4. The van der Waals surface area contributed by atoms with Crippen molar-refractivity contribution in [1.82, 2.24) is 9.62 Å². The summed E-state index contributed by atoms with van der Waals surface area (Å²) in [6.45, 7) is 2.62. The molecular formula is C30H40N2O8S. The van der Waals surface area contributed by atoms with Gasteiger partial charge in [0.1, 0.15) is 6.10 Å². The molecule has 2 saturated heterocycles. The highest BCUT2D eigenvalue weighted by Crippen LogP contribution is 2.37. The maximum atomic E-state index is 13.9. The Morgan fingerprint density at radius 1 is 1.15 bits per heavy atom. The standard InChI is InChI=1S/C30H40N2O8S/c1-20-7-8-26(15-23(20)18-33)41(36,37)32(24-10-11-38-19-24)17-28(34)27(13-21-5-3-2-4-6-21)31-30(35)40-25-14-22-9-12-39-29(22)16-25/h2-8,15,22,24-25,27-29,33-34H,9-14,16-19H2,1H3,(H,31,35)/t22?,24?,25?,27-,28+,29+/m0/s1. The predicted molar refractivity (Wildman–Crippen MR) is 151 cm³/mol. The van der Waals surface area contributed by atoms with Gasteiger partial charge in [-0.05, 0) is 67.3 Å². The van der Waals surface area contributed by atoms with Gasteiger partial charge in [-0.1, -0.05) is 36.4 Å². The first kappa shape index (κ1) is 29.9. The van der Waals surface area contributed by atoms with Gasteiger partial charge in [-0.3, -0.25) is 0 Å². The Kier molecular flexibility index (Phi) is 9.63. The minimum atomic E-state index is -4.07. The summed E-state index contributed by atoms with van der Waals surface area (Å²) in [5, 5.41) is 24.1. The van der Waals surface area contributed by atoms with Crippen molar-refractivity contribution < 1.29 is 37.6 Å². The van der Waals surface area contributed by atoms with E-state index in [9.17, 15) is 23.4 Å². The number of aliphatic hydroxyl groups is 2. The molecule has 224 valence electrons. The van der Waals surface area contributed by atoms with E-state index in [2.05, 4.69) is 5.32 Å². The number of aryl methyl sites for hydroxylation is 1. The Bertz CT molecular complexity index is 1270. The van der Waals surface area contributed by atoms with Gasteiger partial charge in [-0.25, -0.2) is 13.2 Å². The van der Waals surface area contributed by atoms with Crippen molar-refractivity contribution in [1.29, 1.82) is 0 Å². The fourth-order valence-electron chi connectivity index (χ4n) is 6.12. The largest absolute Gasteiger partial charge is 0.446 e. The summed E-state index contributed by atoms with van der Waals surface area (Å²) < 4.78 is 46.1. The molecule has 3 unspecified atom stereocenters. The molecule has 0 bridgehead atoms. The minimum Gasteiger partial charge on any atom is -0.446 e. The van der Waals surface area contributed by atoms with E-state index in [0.717, 1.165) is 30.6 Å². The number of sulfonamides is 1. The lowest BCUT2D eigenvalue weighted by molar-refractivity contribution is 0.0539. The van der Waals surface area contributed by atoms with E-state index in [1.54, 1.807) is 13.0 Å². The molecule has 6 atom stereocenters. The second-order valence-electron chi connectivity index (χ2n) is 11.3. The van der Waals surface area contributed by atoms with Crippen molar-refractivity contribution in [3.63, 3.8) is 0 Å². The van der Waals surface area contributed by atoms with Gasteiger partial charge in [0.25, 0.3) is 0 Å². The summed E-state index contributed by atoms with van der Waals surface area (Å²) in [4.78, 5) is 13.1. The van der Waals surface area contributed by atoms with Gasteiger partial charge >= 0.3 is 6.09 Å². The lowest BCUT2D eigenvalue weighted by Gasteiger charge is -2.32. The monoisotopic (exact) mass is 588 g/mol. The first-order valence-electron chi connectivity index (χ1n) is 14.3. The number of ether oxygens (including phenoxy) is 3. The Labute approximate surface area is 241 Å². The summed E-state index contributed by atoms with van der Waals surface area (Å²) in [5.74, 6) is 0.402. The molecule has 2 aromatic carbocycles. The van der Waals surface area contributed by atoms with Crippen LogP contribution in [0.25, 0.3) is 0 Å².